The molecule has 2 N–H and O–H groups in total. The lowest BCUT2D eigenvalue weighted by molar-refractivity contribution is 0.414. The largest absolute Gasteiger partial charge is 0.497 e. The third-order valence-electron chi connectivity index (χ3n) is 4.35. The Kier molecular flexibility index (Phi) is 5.86. The van der Waals surface area contributed by atoms with Crippen LogP contribution in [-0.4, -0.2) is 28.8 Å². The van der Waals surface area contributed by atoms with Gasteiger partial charge in [0.25, 0.3) is 0 Å². The van der Waals surface area contributed by atoms with Gasteiger partial charge >= 0.3 is 0 Å². The minimum Gasteiger partial charge on any atom is -0.497 e. The number of hydrogen-bond donors (Lipinski definition) is 2. The molecule has 0 radical (unpaired) electrons. The molecule has 140 valence electrons. The highest BCUT2D eigenvalue weighted by Crippen LogP contribution is 2.24. The molecular weight excluding hydrogens is 338 g/mol. The van der Waals surface area contributed by atoms with Crippen LogP contribution in [0.5, 0.6) is 5.75 Å². The van der Waals surface area contributed by atoms with E-state index in [0.717, 1.165) is 35.5 Å². The number of anilines is 3. The molecule has 0 unspecified atom stereocenters. The van der Waals surface area contributed by atoms with Gasteiger partial charge < -0.3 is 15.4 Å². The second-order valence-electron chi connectivity index (χ2n) is 6.59. The topological polar surface area (TPSA) is 72.0 Å². The molecule has 0 bridgehead atoms. The summed E-state index contributed by atoms with van der Waals surface area (Å²) in [6.07, 6.45) is 2.51. The molecule has 0 fully saturated rings. The first-order chi connectivity index (χ1) is 13.0. The lowest BCUT2D eigenvalue weighted by atomic mass is 10.1. The fourth-order valence-corrected chi connectivity index (χ4v) is 3.06. The highest BCUT2D eigenvalue weighted by molar-refractivity contribution is 5.64. The van der Waals surface area contributed by atoms with Crippen LogP contribution in [0.25, 0.3) is 0 Å². The van der Waals surface area contributed by atoms with Gasteiger partial charge in [-0.25, -0.2) is 0 Å². The van der Waals surface area contributed by atoms with Crippen molar-refractivity contribution in [1.29, 1.82) is 0 Å². The van der Waals surface area contributed by atoms with E-state index >= 15 is 0 Å². The Morgan fingerprint density at radius 1 is 1.00 bits per heavy atom. The summed E-state index contributed by atoms with van der Waals surface area (Å²) in [6.45, 7) is 7.00. The summed E-state index contributed by atoms with van der Waals surface area (Å²) < 4.78 is 5.18. The Bertz CT molecular complexity index is 886. The van der Waals surface area contributed by atoms with E-state index in [1.807, 2.05) is 12.1 Å². The number of aromatic nitrogens is 3. The third kappa shape index (κ3) is 4.94. The van der Waals surface area contributed by atoms with Crippen LogP contribution >= 0.6 is 0 Å². The maximum absolute atomic E-state index is 5.18. The van der Waals surface area contributed by atoms with Gasteiger partial charge in [0.1, 0.15) is 5.75 Å². The molecule has 0 amide bonds. The van der Waals surface area contributed by atoms with E-state index in [-0.39, 0.29) is 0 Å². The first kappa shape index (κ1) is 18.6. The molecule has 0 saturated heterocycles. The number of benzene rings is 2. The lowest BCUT2D eigenvalue weighted by Gasteiger charge is -2.13. The number of aryl methyl sites for hydroxylation is 3. The molecule has 0 saturated carbocycles. The first-order valence-corrected chi connectivity index (χ1v) is 8.96. The van der Waals surface area contributed by atoms with Crippen LogP contribution in [0.15, 0.2) is 42.6 Å². The van der Waals surface area contributed by atoms with Gasteiger partial charge in [-0.2, -0.15) is 10.1 Å². The summed E-state index contributed by atoms with van der Waals surface area (Å²) in [5, 5.41) is 14.7. The SMILES string of the molecule is COc1ccc(CCNc2cnnc(Nc3c(C)cc(C)cc3C)n2)cc1. The molecule has 3 aromatic rings. The van der Waals surface area contributed by atoms with Crippen LogP contribution in [0.3, 0.4) is 0 Å². The van der Waals surface area contributed by atoms with E-state index in [2.05, 4.69) is 70.9 Å². The third-order valence-corrected chi connectivity index (χ3v) is 4.35. The Labute approximate surface area is 160 Å². The minimum absolute atomic E-state index is 0.486. The van der Waals surface area contributed by atoms with Gasteiger partial charge in [0.05, 0.1) is 13.3 Å². The number of ether oxygens (including phenoxy) is 1. The Morgan fingerprint density at radius 3 is 2.37 bits per heavy atom. The zero-order chi connectivity index (χ0) is 19.2. The van der Waals surface area contributed by atoms with Gasteiger partial charge in [-0.3, -0.25) is 0 Å². The molecule has 0 atom stereocenters. The van der Waals surface area contributed by atoms with Crippen molar-refractivity contribution >= 4 is 17.5 Å². The highest BCUT2D eigenvalue weighted by atomic mass is 16.5. The van der Waals surface area contributed by atoms with Crippen LogP contribution in [0, 0.1) is 20.8 Å². The first-order valence-electron chi connectivity index (χ1n) is 8.96. The summed E-state index contributed by atoms with van der Waals surface area (Å²) in [7, 11) is 1.67. The fourth-order valence-electron chi connectivity index (χ4n) is 3.06. The zero-order valence-corrected chi connectivity index (χ0v) is 16.2. The van der Waals surface area contributed by atoms with Gasteiger partial charge in [-0.15, -0.1) is 5.10 Å². The Hall–Kier alpha value is -3.15. The predicted molar refractivity (Wildman–Crippen MR) is 109 cm³/mol. The average Bonchev–Trinajstić information content (AvgIpc) is 2.65. The van der Waals surface area contributed by atoms with Crippen molar-refractivity contribution < 1.29 is 4.74 Å². The van der Waals surface area contributed by atoms with Crippen molar-refractivity contribution in [3.8, 4) is 5.75 Å². The van der Waals surface area contributed by atoms with Gasteiger partial charge in [-0.1, -0.05) is 29.8 Å². The molecule has 6 heteroatoms. The smallest absolute Gasteiger partial charge is 0.249 e. The summed E-state index contributed by atoms with van der Waals surface area (Å²) in [6, 6.07) is 12.3. The fraction of sp³-hybridized carbons (Fsp3) is 0.286. The molecular formula is C21H25N5O. The standard InChI is InChI=1S/C21H25N5O/c1-14-11-15(2)20(16(3)12-14)25-21-24-19(13-23-26-21)22-10-9-17-5-7-18(27-4)8-6-17/h5-8,11-13H,9-10H2,1-4H3,(H2,22,24,25,26). The number of methoxy groups -OCH3 is 1. The van der Waals surface area contributed by atoms with Gasteiger partial charge in [0, 0.05) is 12.2 Å². The van der Waals surface area contributed by atoms with E-state index in [1.54, 1.807) is 13.3 Å². The molecule has 3 rings (SSSR count). The molecule has 2 aromatic carbocycles. The van der Waals surface area contributed by atoms with Crippen molar-refractivity contribution in [3.63, 3.8) is 0 Å². The summed E-state index contributed by atoms with van der Waals surface area (Å²) in [5.74, 6) is 2.05. The van der Waals surface area contributed by atoms with Crippen LogP contribution in [-0.2, 0) is 6.42 Å². The quantitative estimate of drug-likeness (QED) is 0.655. The normalized spacial score (nSPS) is 10.5. The van der Waals surface area contributed by atoms with Crippen molar-refractivity contribution in [3.05, 3.63) is 64.8 Å². The minimum atomic E-state index is 0.486. The van der Waals surface area contributed by atoms with E-state index in [1.165, 1.54) is 11.1 Å². The number of nitrogens with zero attached hydrogens (tertiary/aromatic N) is 3. The van der Waals surface area contributed by atoms with Crippen LogP contribution in [0.1, 0.15) is 22.3 Å². The van der Waals surface area contributed by atoms with Gasteiger partial charge in [-0.05, 0) is 56.0 Å². The molecule has 27 heavy (non-hydrogen) atoms. The summed E-state index contributed by atoms with van der Waals surface area (Å²) >= 11 is 0. The van der Waals surface area contributed by atoms with Gasteiger partial charge in [0.2, 0.25) is 5.95 Å². The second kappa shape index (κ2) is 8.49. The Morgan fingerprint density at radius 2 is 1.70 bits per heavy atom. The summed E-state index contributed by atoms with van der Waals surface area (Å²) in [4.78, 5) is 4.52. The second-order valence-corrected chi connectivity index (χ2v) is 6.59. The zero-order valence-electron chi connectivity index (χ0n) is 16.2. The predicted octanol–water partition coefficient (Wildman–Crippen LogP) is 4.20. The van der Waals surface area contributed by atoms with E-state index in [4.69, 9.17) is 4.74 Å². The molecule has 6 nitrogen and oxygen atoms in total. The average molecular weight is 363 g/mol. The number of hydrogen-bond acceptors (Lipinski definition) is 6. The van der Waals surface area contributed by atoms with E-state index in [9.17, 15) is 0 Å². The molecule has 0 aliphatic carbocycles. The molecule has 0 spiro atoms. The van der Waals surface area contributed by atoms with Crippen LogP contribution < -0.4 is 15.4 Å². The molecule has 0 aliphatic rings. The van der Waals surface area contributed by atoms with Crippen LogP contribution in [0.2, 0.25) is 0 Å². The van der Waals surface area contributed by atoms with E-state index < -0.39 is 0 Å². The monoisotopic (exact) mass is 363 g/mol. The summed E-state index contributed by atoms with van der Waals surface area (Å²) in [5.41, 5.74) is 5.82. The van der Waals surface area contributed by atoms with Crippen molar-refractivity contribution in [2.24, 2.45) is 0 Å². The molecule has 1 heterocycles. The van der Waals surface area contributed by atoms with Crippen LogP contribution in [0.4, 0.5) is 17.5 Å². The van der Waals surface area contributed by atoms with Crippen molar-refractivity contribution in [2.75, 3.05) is 24.3 Å². The lowest BCUT2D eigenvalue weighted by Crippen LogP contribution is -2.09. The van der Waals surface area contributed by atoms with E-state index in [0.29, 0.717) is 11.8 Å². The number of rotatable bonds is 7. The molecule has 0 aliphatic heterocycles. The number of nitrogens with one attached hydrogen (secondary N) is 2. The molecule has 1 aromatic heterocycles. The highest BCUT2D eigenvalue weighted by Gasteiger charge is 2.07. The van der Waals surface area contributed by atoms with Gasteiger partial charge in [0.15, 0.2) is 5.82 Å². The Balaban J connectivity index is 1.62. The van der Waals surface area contributed by atoms with Crippen molar-refractivity contribution in [1.82, 2.24) is 15.2 Å². The van der Waals surface area contributed by atoms with Crippen molar-refractivity contribution in [2.45, 2.75) is 27.2 Å². The maximum atomic E-state index is 5.18. The maximum Gasteiger partial charge on any atom is 0.249 e.